The monoisotopic (exact) mass is 413 g/mol. The lowest BCUT2D eigenvalue weighted by molar-refractivity contribution is -0.122. The lowest BCUT2D eigenvalue weighted by Gasteiger charge is -2.36. The van der Waals surface area contributed by atoms with Gasteiger partial charge in [-0.25, -0.2) is 4.39 Å². The van der Waals surface area contributed by atoms with E-state index in [1.54, 1.807) is 11.6 Å². The summed E-state index contributed by atoms with van der Waals surface area (Å²) >= 11 is 3.03. The first-order valence-electron chi connectivity index (χ1n) is 9.27. The van der Waals surface area contributed by atoms with Crippen molar-refractivity contribution >= 4 is 34.7 Å². The Balaban J connectivity index is 1.53. The predicted octanol–water partition coefficient (Wildman–Crippen LogP) is 5.67. The normalized spacial score (nSPS) is 15.9. The molecule has 0 aliphatic heterocycles. The molecule has 1 aliphatic carbocycles. The first-order chi connectivity index (χ1) is 13.7. The van der Waals surface area contributed by atoms with Gasteiger partial charge in [-0.1, -0.05) is 54.5 Å². The minimum absolute atomic E-state index is 0.0534. The molecule has 28 heavy (non-hydrogen) atoms. The third kappa shape index (κ3) is 4.10. The molecular formula is C21H20FN3OS2. The van der Waals surface area contributed by atoms with Gasteiger partial charge >= 0.3 is 0 Å². The second-order valence-electron chi connectivity index (χ2n) is 6.94. The van der Waals surface area contributed by atoms with E-state index in [2.05, 4.69) is 15.5 Å². The number of nitrogens with one attached hydrogen (secondary N) is 1. The largest absolute Gasteiger partial charge is 0.325 e. The number of rotatable bonds is 5. The van der Waals surface area contributed by atoms with Crippen LogP contribution in [0.4, 0.5) is 10.1 Å². The highest BCUT2D eigenvalue weighted by atomic mass is 32.2. The molecule has 1 aromatic heterocycles. The summed E-state index contributed by atoms with van der Waals surface area (Å²) in [4.78, 5) is 14.3. The van der Waals surface area contributed by atoms with Crippen LogP contribution in [0.2, 0.25) is 0 Å². The van der Waals surface area contributed by atoms with E-state index in [9.17, 15) is 9.18 Å². The number of hydrogen-bond acceptors (Lipinski definition) is 5. The second-order valence-corrected chi connectivity index (χ2v) is 9.09. The van der Waals surface area contributed by atoms with E-state index in [0.717, 1.165) is 52.6 Å². The molecule has 0 bridgehead atoms. The van der Waals surface area contributed by atoms with Gasteiger partial charge in [-0.3, -0.25) is 4.79 Å². The third-order valence-electron chi connectivity index (χ3n) is 5.18. The highest BCUT2D eigenvalue weighted by Gasteiger charge is 2.41. The van der Waals surface area contributed by atoms with Crippen LogP contribution in [0.15, 0.2) is 63.3 Å². The summed E-state index contributed by atoms with van der Waals surface area (Å²) < 4.78 is 14.7. The Morgan fingerprint density at radius 3 is 2.57 bits per heavy atom. The maximum Gasteiger partial charge on any atom is 0.235 e. The molecule has 0 saturated heterocycles. The van der Waals surface area contributed by atoms with Crippen LogP contribution in [0, 0.1) is 5.82 Å². The van der Waals surface area contributed by atoms with Crippen molar-refractivity contribution in [2.45, 2.75) is 46.8 Å². The van der Waals surface area contributed by atoms with Crippen LogP contribution in [0.1, 0.15) is 37.7 Å². The van der Waals surface area contributed by atoms with Crippen molar-refractivity contribution in [3.63, 3.8) is 0 Å². The van der Waals surface area contributed by atoms with E-state index in [4.69, 9.17) is 0 Å². The molecule has 4 nitrogen and oxygen atoms in total. The Kier molecular flexibility index (Phi) is 5.73. The first kappa shape index (κ1) is 19.1. The Labute approximate surface area is 171 Å². The average Bonchev–Trinajstić information content (AvgIpc) is 3.23. The highest BCUT2D eigenvalue weighted by Crippen LogP contribution is 2.41. The molecule has 1 amide bonds. The standard InChI is InChI=1S/C21H20FN3OS2/c22-16-6-4-5-15(13-16)21(11-2-1-3-12-21)19(26)24-17-7-9-18(10-8-17)28-20-25-23-14-27-20/h4-10,13-14H,1-3,11-12H2,(H,24,26). The van der Waals surface area contributed by atoms with Crippen molar-refractivity contribution in [2.75, 3.05) is 5.32 Å². The number of carbonyl (C=O) groups excluding carboxylic acids is 1. The van der Waals surface area contributed by atoms with Gasteiger partial charge in [0.2, 0.25) is 5.91 Å². The molecule has 144 valence electrons. The fraction of sp³-hybridized carbons (Fsp3) is 0.286. The molecule has 4 rings (SSSR count). The third-order valence-corrected chi connectivity index (χ3v) is 6.96. The summed E-state index contributed by atoms with van der Waals surface area (Å²) in [5.41, 5.74) is 2.55. The molecule has 1 fully saturated rings. The van der Waals surface area contributed by atoms with Crippen LogP contribution >= 0.6 is 23.1 Å². The zero-order valence-electron chi connectivity index (χ0n) is 15.2. The van der Waals surface area contributed by atoms with Crippen molar-refractivity contribution in [2.24, 2.45) is 0 Å². The van der Waals surface area contributed by atoms with Gasteiger partial charge in [0.15, 0.2) is 4.34 Å². The fourth-order valence-electron chi connectivity index (χ4n) is 3.75. The van der Waals surface area contributed by atoms with Crippen LogP contribution in [0.5, 0.6) is 0 Å². The van der Waals surface area contributed by atoms with Crippen molar-refractivity contribution in [3.05, 3.63) is 65.4 Å². The number of aromatic nitrogens is 2. The Bertz CT molecular complexity index is 939. The molecular weight excluding hydrogens is 393 g/mol. The number of halogens is 1. The topological polar surface area (TPSA) is 54.9 Å². The van der Waals surface area contributed by atoms with E-state index in [1.807, 2.05) is 30.3 Å². The number of benzene rings is 2. The smallest absolute Gasteiger partial charge is 0.235 e. The van der Waals surface area contributed by atoms with Crippen molar-refractivity contribution < 1.29 is 9.18 Å². The molecule has 1 saturated carbocycles. The number of amides is 1. The minimum atomic E-state index is -0.666. The van der Waals surface area contributed by atoms with E-state index >= 15 is 0 Å². The van der Waals surface area contributed by atoms with Gasteiger partial charge in [-0.05, 0) is 54.8 Å². The lowest BCUT2D eigenvalue weighted by Crippen LogP contribution is -2.42. The van der Waals surface area contributed by atoms with Crippen LogP contribution in [-0.2, 0) is 10.2 Å². The highest BCUT2D eigenvalue weighted by molar-refractivity contribution is 8.01. The van der Waals surface area contributed by atoms with Gasteiger partial charge in [0.05, 0.1) is 5.41 Å². The average molecular weight is 414 g/mol. The van der Waals surface area contributed by atoms with E-state index in [-0.39, 0.29) is 11.7 Å². The summed E-state index contributed by atoms with van der Waals surface area (Å²) in [6.07, 6.45) is 4.55. The minimum Gasteiger partial charge on any atom is -0.325 e. The Morgan fingerprint density at radius 2 is 1.89 bits per heavy atom. The van der Waals surface area contributed by atoms with Gasteiger partial charge in [-0.2, -0.15) is 0 Å². The number of anilines is 1. The predicted molar refractivity (Wildman–Crippen MR) is 110 cm³/mol. The van der Waals surface area contributed by atoms with Gasteiger partial charge in [-0.15, -0.1) is 10.2 Å². The van der Waals surface area contributed by atoms with Gasteiger partial charge in [0.1, 0.15) is 11.3 Å². The van der Waals surface area contributed by atoms with Gasteiger partial charge < -0.3 is 5.32 Å². The fourth-order valence-corrected chi connectivity index (χ4v) is 5.20. The molecule has 0 unspecified atom stereocenters. The quantitative estimate of drug-likeness (QED) is 0.586. The van der Waals surface area contributed by atoms with Crippen LogP contribution in [0.25, 0.3) is 0 Å². The SMILES string of the molecule is O=C(Nc1ccc(Sc2nncs2)cc1)C1(c2cccc(F)c2)CCCCC1. The van der Waals surface area contributed by atoms with Crippen LogP contribution in [0.3, 0.4) is 0 Å². The molecule has 2 aromatic carbocycles. The Hall–Kier alpha value is -2.25. The number of hydrogen-bond donors (Lipinski definition) is 1. The molecule has 7 heteroatoms. The van der Waals surface area contributed by atoms with Gasteiger partial charge in [0, 0.05) is 10.6 Å². The van der Waals surface area contributed by atoms with E-state index in [0.29, 0.717) is 0 Å². The van der Waals surface area contributed by atoms with Crippen molar-refractivity contribution in [1.29, 1.82) is 0 Å². The summed E-state index contributed by atoms with van der Waals surface area (Å²) in [5.74, 6) is -0.351. The van der Waals surface area contributed by atoms with Crippen molar-refractivity contribution in [3.8, 4) is 0 Å². The summed E-state index contributed by atoms with van der Waals surface area (Å²) in [6, 6.07) is 14.2. The maximum absolute atomic E-state index is 13.8. The molecule has 0 radical (unpaired) electrons. The molecule has 1 N–H and O–H groups in total. The number of nitrogens with zero attached hydrogens (tertiary/aromatic N) is 2. The van der Waals surface area contributed by atoms with Gasteiger partial charge in [0.25, 0.3) is 0 Å². The van der Waals surface area contributed by atoms with E-state index in [1.165, 1.54) is 35.2 Å². The molecule has 3 aromatic rings. The molecule has 1 aliphatic rings. The van der Waals surface area contributed by atoms with Crippen LogP contribution in [-0.4, -0.2) is 16.1 Å². The van der Waals surface area contributed by atoms with Crippen LogP contribution < -0.4 is 5.32 Å². The summed E-state index contributed by atoms with van der Waals surface area (Å²) in [5, 5.41) is 10.9. The molecule has 0 atom stereocenters. The first-order valence-corrected chi connectivity index (χ1v) is 11.0. The zero-order valence-corrected chi connectivity index (χ0v) is 16.9. The number of carbonyl (C=O) groups is 1. The second kappa shape index (κ2) is 8.41. The lowest BCUT2D eigenvalue weighted by atomic mass is 9.68. The van der Waals surface area contributed by atoms with Crippen molar-refractivity contribution in [1.82, 2.24) is 10.2 Å². The zero-order chi connectivity index (χ0) is 19.4. The molecule has 0 spiro atoms. The summed E-state index contributed by atoms with van der Waals surface area (Å²) in [6.45, 7) is 0. The summed E-state index contributed by atoms with van der Waals surface area (Å²) in [7, 11) is 0. The molecule has 1 heterocycles. The van der Waals surface area contributed by atoms with E-state index < -0.39 is 5.41 Å². The maximum atomic E-state index is 13.8. The Morgan fingerprint density at radius 1 is 1.11 bits per heavy atom.